The number of nitrogens with zero attached hydrogens (tertiary/aromatic N) is 2. The van der Waals surface area contributed by atoms with Crippen molar-refractivity contribution in [1.29, 1.82) is 0 Å². The molecule has 0 N–H and O–H groups in total. The second-order valence-electron chi connectivity index (χ2n) is 8.79. The van der Waals surface area contributed by atoms with Gasteiger partial charge in [0, 0.05) is 47.2 Å². The van der Waals surface area contributed by atoms with E-state index < -0.39 is 0 Å². The van der Waals surface area contributed by atoms with Gasteiger partial charge in [-0.05, 0) is 51.7 Å². The smallest absolute Gasteiger partial charge is 0.183 e. The average molecular weight is 403 g/mol. The molecular weight excluding hydrogens is 364 g/mol. The van der Waals surface area contributed by atoms with Gasteiger partial charge in [-0.15, -0.1) is 0 Å². The highest BCUT2D eigenvalue weighted by atomic mass is 15.0. The van der Waals surface area contributed by atoms with E-state index in [0.29, 0.717) is 12.1 Å². The Morgan fingerprint density at radius 1 is 0.567 bits per heavy atom. The first-order chi connectivity index (χ1) is 14.4. The Hall–Kier alpha value is -2.48. The third kappa shape index (κ3) is 4.98. The summed E-state index contributed by atoms with van der Waals surface area (Å²) in [6.45, 7) is 13.3. The van der Waals surface area contributed by atoms with E-state index in [0.717, 1.165) is 12.8 Å². The second kappa shape index (κ2) is 10.0. The molecule has 0 spiro atoms. The van der Waals surface area contributed by atoms with Crippen LogP contribution in [0.3, 0.4) is 0 Å². The zero-order valence-electron chi connectivity index (χ0n) is 19.7. The topological polar surface area (TPSA) is 7.76 Å². The summed E-state index contributed by atoms with van der Waals surface area (Å²) in [5.41, 5.74) is 8.20. The SMILES string of the molecule is CCCC(c1ccc(C(CCC)[n+]2ccc(C)c(C)c2)cc1)[n+]1ccc(C)c(C)c1. The van der Waals surface area contributed by atoms with Crippen LogP contribution in [0.1, 0.15) is 85.0 Å². The van der Waals surface area contributed by atoms with Crippen molar-refractivity contribution in [3.8, 4) is 0 Å². The molecule has 2 aromatic heterocycles. The third-order valence-corrected chi connectivity index (χ3v) is 6.47. The quantitative estimate of drug-likeness (QED) is 0.392. The predicted octanol–water partition coefficient (Wildman–Crippen LogP) is 6.27. The van der Waals surface area contributed by atoms with Crippen LogP contribution in [0, 0.1) is 27.7 Å². The molecule has 0 bridgehead atoms. The van der Waals surface area contributed by atoms with Gasteiger partial charge in [-0.3, -0.25) is 0 Å². The summed E-state index contributed by atoms with van der Waals surface area (Å²) in [6, 6.07) is 14.7. The molecule has 158 valence electrons. The zero-order valence-corrected chi connectivity index (χ0v) is 19.7. The molecular formula is C28H38N2+2. The van der Waals surface area contributed by atoms with Gasteiger partial charge in [0.15, 0.2) is 36.9 Å². The zero-order chi connectivity index (χ0) is 21.7. The summed E-state index contributed by atoms with van der Waals surface area (Å²) >= 11 is 0. The molecule has 2 atom stereocenters. The van der Waals surface area contributed by atoms with Crippen LogP contribution >= 0.6 is 0 Å². The largest absolute Gasteiger partial charge is 0.198 e. The summed E-state index contributed by atoms with van der Waals surface area (Å²) in [7, 11) is 0. The molecule has 3 rings (SSSR count). The van der Waals surface area contributed by atoms with E-state index in [1.165, 1.54) is 46.2 Å². The molecule has 0 aliphatic rings. The Labute approximate surface area is 183 Å². The number of pyridine rings is 2. The Morgan fingerprint density at radius 3 is 1.23 bits per heavy atom. The van der Waals surface area contributed by atoms with Crippen LogP contribution in [0.15, 0.2) is 61.2 Å². The van der Waals surface area contributed by atoms with Crippen molar-refractivity contribution in [2.75, 3.05) is 0 Å². The monoisotopic (exact) mass is 402 g/mol. The van der Waals surface area contributed by atoms with Crippen LogP contribution in [0.2, 0.25) is 0 Å². The normalized spacial score (nSPS) is 13.3. The molecule has 2 heteroatoms. The summed E-state index contributed by atoms with van der Waals surface area (Å²) in [6.07, 6.45) is 13.7. The Bertz CT molecular complexity index is 892. The van der Waals surface area contributed by atoms with Crippen molar-refractivity contribution >= 4 is 0 Å². The Morgan fingerprint density at radius 2 is 0.933 bits per heavy atom. The highest BCUT2D eigenvalue weighted by Crippen LogP contribution is 2.24. The van der Waals surface area contributed by atoms with Gasteiger partial charge in [0.2, 0.25) is 0 Å². The molecule has 1 aromatic carbocycles. The van der Waals surface area contributed by atoms with Crippen LogP contribution in [0.4, 0.5) is 0 Å². The average Bonchev–Trinajstić information content (AvgIpc) is 2.75. The van der Waals surface area contributed by atoms with Crippen LogP contribution < -0.4 is 9.13 Å². The fourth-order valence-electron chi connectivity index (χ4n) is 4.25. The molecule has 3 aromatic rings. The summed E-state index contributed by atoms with van der Waals surface area (Å²) in [5, 5.41) is 0. The standard InChI is InChI=1S/C28H38N2/c1-7-9-27(29-17-15-21(3)23(5)19-29)25-11-13-26(14-12-25)28(10-8-2)30-18-16-22(4)24(6)20-30/h11-20,27-28H,7-10H2,1-6H3/q+2. The maximum absolute atomic E-state index is 2.39. The van der Waals surface area contributed by atoms with Crippen molar-refractivity contribution < 1.29 is 9.13 Å². The number of aryl methyl sites for hydroxylation is 4. The van der Waals surface area contributed by atoms with Gasteiger partial charge in [-0.2, -0.15) is 9.13 Å². The Kier molecular flexibility index (Phi) is 7.42. The molecule has 0 fully saturated rings. The minimum Gasteiger partial charge on any atom is -0.198 e. The Balaban J connectivity index is 1.93. The summed E-state index contributed by atoms with van der Waals surface area (Å²) < 4.78 is 4.78. The van der Waals surface area contributed by atoms with Crippen molar-refractivity contribution in [3.63, 3.8) is 0 Å². The highest BCUT2D eigenvalue weighted by Gasteiger charge is 2.24. The highest BCUT2D eigenvalue weighted by molar-refractivity contribution is 5.26. The van der Waals surface area contributed by atoms with Gasteiger partial charge in [-0.25, -0.2) is 0 Å². The van der Waals surface area contributed by atoms with Crippen molar-refractivity contribution in [2.45, 2.75) is 79.3 Å². The number of benzene rings is 1. The van der Waals surface area contributed by atoms with E-state index in [4.69, 9.17) is 0 Å². The molecule has 0 radical (unpaired) electrons. The lowest BCUT2D eigenvalue weighted by atomic mass is 9.96. The lowest BCUT2D eigenvalue weighted by Gasteiger charge is -2.16. The first kappa shape index (κ1) is 22.2. The van der Waals surface area contributed by atoms with E-state index in [1.807, 2.05) is 0 Å². The molecule has 2 nitrogen and oxygen atoms in total. The molecule has 30 heavy (non-hydrogen) atoms. The number of hydrogen-bond acceptors (Lipinski definition) is 0. The fraction of sp³-hybridized carbons (Fsp3) is 0.429. The van der Waals surface area contributed by atoms with E-state index in [9.17, 15) is 0 Å². The summed E-state index contributed by atoms with van der Waals surface area (Å²) in [4.78, 5) is 0. The molecule has 0 saturated carbocycles. The predicted molar refractivity (Wildman–Crippen MR) is 125 cm³/mol. The van der Waals surface area contributed by atoms with Gasteiger partial charge < -0.3 is 0 Å². The van der Waals surface area contributed by atoms with Gasteiger partial charge >= 0.3 is 0 Å². The molecule has 0 aliphatic carbocycles. The number of hydrogen-bond donors (Lipinski definition) is 0. The van der Waals surface area contributed by atoms with E-state index in [-0.39, 0.29) is 0 Å². The maximum atomic E-state index is 2.39. The maximum Gasteiger partial charge on any atom is 0.183 e. The summed E-state index contributed by atoms with van der Waals surface area (Å²) in [5.74, 6) is 0. The van der Waals surface area contributed by atoms with Crippen LogP contribution in [-0.4, -0.2) is 0 Å². The van der Waals surface area contributed by atoms with Gasteiger partial charge in [0.25, 0.3) is 0 Å². The fourth-order valence-corrected chi connectivity index (χ4v) is 4.25. The van der Waals surface area contributed by atoms with Crippen molar-refractivity contribution in [2.24, 2.45) is 0 Å². The van der Waals surface area contributed by atoms with E-state index in [2.05, 4.69) is 112 Å². The number of rotatable bonds is 8. The van der Waals surface area contributed by atoms with Crippen LogP contribution in [0.25, 0.3) is 0 Å². The first-order valence-electron chi connectivity index (χ1n) is 11.5. The minimum absolute atomic E-state index is 0.391. The number of aromatic nitrogens is 2. The first-order valence-corrected chi connectivity index (χ1v) is 11.5. The van der Waals surface area contributed by atoms with Crippen LogP contribution in [0.5, 0.6) is 0 Å². The van der Waals surface area contributed by atoms with Crippen LogP contribution in [-0.2, 0) is 0 Å². The van der Waals surface area contributed by atoms with Crippen molar-refractivity contribution in [3.05, 3.63) is 94.6 Å². The van der Waals surface area contributed by atoms with E-state index in [1.54, 1.807) is 0 Å². The molecule has 2 heterocycles. The molecule has 2 unspecified atom stereocenters. The lowest BCUT2D eigenvalue weighted by molar-refractivity contribution is -0.715. The third-order valence-electron chi connectivity index (χ3n) is 6.47. The lowest BCUT2D eigenvalue weighted by Crippen LogP contribution is -2.40. The van der Waals surface area contributed by atoms with Gasteiger partial charge in [0.05, 0.1) is 0 Å². The van der Waals surface area contributed by atoms with E-state index >= 15 is 0 Å². The molecule has 0 amide bonds. The molecule has 0 saturated heterocycles. The van der Waals surface area contributed by atoms with Gasteiger partial charge in [-0.1, -0.05) is 38.1 Å². The molecule has 0 aliphatic heterocycles. The van der Waals surface area contributed by atoms with Crippen molar-refractivity contribution in [1.82, 2.24) is 0 Å². The minimum atomic E-state index is 0.391. The van der Waals surface area contributed by atoms with Gasteiger partial charge in [0.1, 0.15) is 0 Å². The second-order valence-corrected chi connectivity index (χ2v) is 8.79.